The van der Waals surface area contributed by atoms with Gasteiger partial charge in [0.15, 0.2) is 0 Å². The summed E-state index contributed by atoms with van der Waals surface area (Å²) < 4.78 is 15.3. The number of alkyl halides is 1. The number of amides is 1. The van der Waals surface area contributed by atoms with Gasteiger partial charge < -0.3 is 15.1 Å². The minimum absolute atomic E-state index is 0.0249. The predicted octanol–water partition coefficient (Wildman–Crippen LogP) is -0.738. The highest BCUT2D eigenvalue weighted by Gasteiger charge is 2.33. The quantitative estimate of drug-likeness (QED) is 0.727. The van der Waals surface area contributed by atoms with Crippen LogP contribution in [0.15, 0.2) is 18.6 Å². The summed E-state index contributed by atoms with van der Waals surface area (Å²) in [5.74, 6) is 0.978. The topological polar surface area (TPSA) is 105 Å². The van der Waals surface area contributed by atoms with Crippen LogP contribution in [0.2, 0.25) is 0 Å². The Labute approximate surface area is 144 Å². The summed E-state index contributed by atoms with van der Waals surface area (Å²) in [5.41, 5.74) is 0. The highest BCUT2D eigenvalue weighted by Crippen LogP contribution is 2.26. The van der Waals surface area contributed by atoms with E-state index in [0.29, 0.717) is 24.7 Å². The normalized spacial score (nSPS) is 19.9. The molecule has 0 saturated carbocycles. The molecule has 1 amide bonds. The lowest BCUT2D eigenvalue weighted by Crippen LogP contribution is -2.41. The van der Waals surface area contributed by atoms with E-state index in [-0.39, 0.29) is 25.0 Å². The fourth-order valence-electron chi connectivity index (χ4n) is 2.74. The van der Waals surface area contributed by atoms with Crippen molar-refractivity contribution < 1.29 is 9.18 Å². The van der Waals surface area contributed by atoms with E-state index in [1.807, 2.05) is 19.0 Å². The third kappa shape index (κ3) is 4.17. The Hall–Kier alpha value is -2.85. The van der Waals surface area contributed by atoms with Gasteiger partial charge in [0, 0.05) is 33.3 Å². The van der Waals surface area contributed by atoms with Gasteiger partial charge in [-0.15, -0.1) is 5.10 Å². The van der Waals surface area contributed by atoms with Gasteiger partial charge in [-0.25, -0.2) is 14.1 Å². The predicted molar refractivity (Wildman–Crippen MR) is 87.8 cm³/mol. The first-order valence-corrected chi connectivity index (χ1v) is 7.91. The van der Waals surface area contributed by atoms with E-state index < -0.39 is 6.17 Å². The van der Waals surface area contributed by atoms with Crippen molar-refractivity contribution in [3.05, 3.63) is 18.6 Å². The Morgan fingerprint density at radius 3 is 3.04 bits per heavy atom. The minimum Gasteiger partial charge on any atom is -0.352 e. The molecule has 1 N–H and O–H groups in total. The van der Waals surface area contributed by atoms with Crippen LogP contribution in [0.1, 0.15) is 6.42 Å². The van der Waals surface area contributed by atoms with Gasteiger partial charge in [0.1, 0.15) is 24.9 Å². The van der Waals surface area contributed by atoms with Crippen molar-refractivity contribution in [3.63, 3.8) is 0 Å². The lowest BCUT2D eigenvalue weighted by atomic mass is 10.2. The lowest BCUT2D eigenvalue weighted by molar-refractivity contribution is -0.121. The maximum absolute atomic E-state index is 14.0. The van der Waals surface area contributed by atoms with Gasteiger partial charge in [0.2, 0.25) is 11.9 Å². The van der Waals surface area contributed by atoms with Crippen molar-refractivity contribution >= 4 is 17.7 Å². The maximum Gasteiger partial charge on any atom is 0.241 e. The molecule has 1 fully saturated rings. The molecular weight excluding hydrogens is 329 g/mol. The van der Waals surface area contributed by atoms with Gasteiger partial charge in [-0.2, -0.15) is 4.98 Å². The molecule has 0 spiro atoms. The SMILES string of the molecule is CN(C)c1nccc(N2C[C@@H](F)C[C@H]2CNC(=O)Cn2cnnn2)n1. The molecular formula is C14H20FN9O. The number of aromatic nitrogens is 6. The van der Waals surface area contributed by atoms with Crippen LogP contribution in [0.4, 0.5) is 16.2 Å². The van der Waals surface area contributed by atoms with Crippen LogP contribution in [0, 0.1) is 0 Å². The summed E-state index contributed by atoms with van der Waals surface area (Å²) in [6.45, 7) is 0.594. The van der Waals surface area contributed by atoms with Crippen molar-refractivity contribution in [2.24, 2.45) is 0 Å². The molecule has 25 heavy (non-hydrogen) atoms. The van der Waals surface area contributed by atoms with Crippen LogP contribution in [-0.4, -0.2) is 75.5 Å². The molecule has 0 bridgehead atoms. The van der Waals surface area contributed by atoms with Crippen molar-refractivity contribution in [3.8, 4) is 0 Å². The standard InChI is InChI=1S/C14H20FN9O/c1-22(2)14-16-4-3-12(19-14)24-7-10(15)5-11(24)6-17-13(25)8-23-9-18-20-21-23/h3-4,9-11H,5-8H2,1-2H3,(H,17,25)/t10-,11-/m0/s1. The first kappa shape index (κ1) is 17.0. The van der Waals surface area contributed by atoms with E-state index in [9.17, 15) is 9.18 Å². The number of nitrogens with one attached hydrogen (secondary N) is 1. The summed E-state index contributed by atoms with van der Waals surface area (Å²) in [7, 11) is 3.69. The second-order valence-corrected chi connectivity index (χ2v) is 6.06. The smallest absolute Gasteiger partial charge is 0.241 e. The van der Waals surface area contributed by atoms with Gasteiger partial charge in [0.25, 0.3) is 0 Å². The monoisotopic (exact) mass is 349 g/mol. The molecule has 11 heteroatoms. The van der Waals surface area contributed by atoms with Crippen LogP contribution in [0.3, 0.4) is 0 Å². The number of anilines is 2. The van der Waals surface area contributed by atoms with Crippen molar-refractivity contribution in [1.82, 2.24) is 35.5 Å². The second-order valence-electron chi connectivity index (χ2n) is 6.06. The first-order chi connectivity index (χ1) is 12.0. The molecule has 10 nitrogen and oxygen atoms in total. The molecule has 3 heterocycles. The van der Waals surface area contributed by atoms with E-state index in [0.717, 1.165) is 0 Å². The number of hydrogen-bond donors (Lipinski definition) is 1. The minimum atomic E-state index is -0.959. The van der Waals surface area contributed by atoms with Gasteiger partial charge in [-0.3, -0.25) is 4.79 Å². The average Bonchev–Trinajstić information content (AvgIpc) is 3.22. The number of tetrazole rings is 1. The maximum atomic E-state index is 14.0. The molecule has 3 rings (SSSR count). The van der Waals surface area contributed by atoms with Crippen molar-refractivity contribution in [1.29, 1.82) is 0 Å². The van der Waals surface area contributed by atoms with Crippen LogP contribution >= 0.6 is 0 Å². The van der Waals surface area contributed by atoms with Gasteiger partial charge >= 0.3 is 0 Å². The molecule has 0 aromatic carbocycles. The number of hydrogen-bond acceptors (Lipinski definition) is 8. The summed E-state index contributed by atoms with van der Waals surface area (Å²) in [6, 6.07) is 1.58. The largest absolute Gasteiger partial charge is 0.352 e. The Morgan fingerprint density at radius 2 is 2.32 bits per heavy atom. The van der Waals surface area contributed by atoms with Gasteiger partial charge in [-0.05, 0) is 16.5 Å². The second kappa shape index (κ2) is 7.36. The summed E-state index contributed by atoms with van der Waals surface area (Å²) in [5, 5.41) is 13.4. The van der Waals surface area contributed by atoms with E-state index in [1.54, 1.807) is 17.2 Å². The Morgan fingerprint density at radius 1 is 1.48 bits per heavy atom. The molecule has 1 aliphatic heterocycles. The fraction of sp³-hybridized carbons (Fsp3) is 0.571. The van der Waals surface area contributed by atoms with Crippen LogP contribution in [0.5, 0.6) is 0 Å². The van der Waals surface area contributed by atoms with Crippen LogP contribution in [-0.2, 0) is 11.3 Å². The molecule has 134 valence electrons. The summed E-state index contributed by atoms with van der Waals surface area (Å²) >= 11 is 0. The Bertz CT molecular complexity index is 708. The zero-order valence-electron chi connectivity index (χ0n) is 14.1. The Kier molecular flexibility index (Phi) is 5.00. The molecule has 0 aliphatic carbocycles. The highest BCUT2D eigenvalue weighted by atomic mass is 19.1. The van der Waals surface area contributed by atoms with Crippen molar-refractivity contribution in [2.75, 3.05) is 37.0 Å². The van der Waals surface area contributed by atoms with Gasteiger partial charge in [0.05, 0.1) is 12.6 Å². The molecule has 0 radical (unpaired) electrons. The van der Waals surface area contributed by atoms with E-state index in [4.69, 9.17) is 0 Å². The lowest BCUT2D eigenvalue weighted by Gasteiger charge is -2.26. The number of halogens is 1. The van der Waals surface area contributed by atoms with Crippen LogP contribution < -0.4 is 15.1 Å². The number of rotatable bonds is 6. The number of carbonyl (C=O) groups excluding carboxylic acids is 1. The van der Waals surface area contributed by atoms with Gasteiger partial charge in [-0.1, -0.05) is 0 Å². The van der Waals surface area contributed by atoms with Crippen molar-refractivity contribution in [2.45, 2.75) is 25.2 Å². The molecule has 2 aromatic heterocycles. The van der Waals surface area contributed by atoms with E-state index in [2.05, 4.69) is 30.8 Å². The third-order valence-corrected chi connectivity index (χ3v) is 3.92. The molecule has 0 unspecified atom stereocenters. The molecule has 2 aromatic rings. The van der Waals surface area contributed by atoms with E-state index >= 15 is 0 Å². The van der Waals surface area contributed by atoms with E-state index in [1.165, 1.54) is 11.0 Å². The Balaban J connectivity index is 1.63. The summed E-state index contributed by atoms with van der Waals surface area (Å²) in [6.07, 6.45) is 2.39. The summed E-state index contributed by atoms with van der Waals surface area (Å²) in [4.78, 5) is 24.3. The molecule has 1 aliphatic rings. The first-order valence-electron chi connectivity index (χ1n) is 7.91. The average molecular weight is 349 g/mol. The zero-order valence-corrected chi connectivity index (χ0v) is 14.1. The number of carbonyl (C=O) groups is 1. The fourth-order valence-corrected chi connectivity index (χ4v) is 2.74. The number of nitrogens with zero attached hydrogens (tertiary/aromatic N) is 8. The highest BCUT2D eigenvalue weighted by molar-refractivity contribution is 5.75. The zero-order chi connectivity index (χ0) is 17.8. The third-order valence-electron chi connectivity index (χ3n) is 3.92. The van der Waals surface area contributed by atoms with Crippen LogP contribution in [0.25, 0.3) is 0 Å². The molecule has 1 saturated heterocycles. The molecule has 2 atom stereocenters.